The predicted molar refractivity (Wildman–Crippen MR) is 80.2 cm³/mol. The van der Waals surface area contributed by atoms with Crippen LogP contribution in [0, 0.1) is 11.7 Å². The number of hydrogen-bond acceptors (Lipinski definition) is 4. The third-order valence-corrected chi connectivity index (χ3v) is 5.24. The minimum atomic E-state index is -3.15. The standard InChI is InChI=1S/C14H22FN3O2S/c1-21(19,20)18-7-3-4-11(10-18)8-14(17-16)12-5-2-6-13(15)9-12/h2,5-6,9,11,14,17H,3-4,7-8,10,16H2,1H3. The third kappa shape index (κ3) is 4.47. The van der Waals surface area contributed by atoms with Gasteiger partial charge in [0.25, 0.3) is 0 Å². The minimum absolute atomic E-state index is 0.176. The third-order valence-electron chi connectivity index (χ3n) is 3.97. The van der Waals surface area contributed by atoms with Crippen LogP contribution in [0.25, 0.3) is 0 Å². The monoisotopic (exact) mass is 315 g/mol. The van der Waals surface area contributed by atoms with E-state index in [1.807, 2.05) is 6.07 Å². The summed E-state index contributed by atoms with van der Waals surface area (Å²) in [7, 11) is -3.15. The van der Waals surface area contributed by atoms with E-state index in [1.54, 1.807) is 6.07 Å². The summed E-state index contributed by atoms with van der Waals surface area (Å²) in [6.45, 7) is 1.09. The highest BCUT2D eigenvalue weighted by molar-refractivity contribution is 7.88. The summed E-state index contributed by atoms with van der Waals surface area (Å²) >= 11 is 0. The number of sulfonamides is 1. The largest absolute Gasteiger partial charge is 0.271 e. The van der Waals surface area contributed by atoms with Crippen molar-refractivity contribution >= 4 is 10.0 Å². The smallest absolute Gasteiger partial charge is 0.211 e. The van der Waals surface area contributed by atoms with Crippen LogP contribution >= 0.6 is 0 Å². The Morgan fingerprint density at radius 1 is 1.52 bits per heavy atom. The quantitative estimate of drug-likeness (QED) is 0.636. The first-order chi connectivity index (χ1) is 9.90. The first-order valence-electron chi connectivity index (χ1n) is 7.07. The van der Waals surface area contributed by atoms with E-state index >= 15 is 0 Å². The Morgan fingerprint density at radius 2 is 2.29 bits per heavy atom. The molecule has 0 aliphatic carbocycles. The van der Waals surface area contributed by atoms with Gasteiger partial charge >= 0.3 is 0 Å². The molecule has 7 heteroatoms. The van der Waals surface area contributed by atoms with E-state index in [9.17, 15) is 12.8 Å². The number of piperidine rings is 1. The number of rotatable bonds is 5. The normalized spacial score (nSPS) is 22.1. The molecule has 1 aromatic carbocycles. The second-order valence-electron chi connectivity index (χ2n) is 5.64. The van der Waals surface area contributed by atoms with Gasteiger partial charge in [0.1, 0.15) is 5.82 Å². The molecule has 0 radical (unpaired) electrons. The second kappa shape index (κ2) is 6.83. The van der Waals surface area contributed by atoms with Gasteiger partial charge in [-0.1, -0.05) is 12.1 Å². The van der Waals surface area contributed by atoms with Gasteiger partial charge in [-0.05, 0) is 42.9 Å². The van der Waals surface area contributed by atoms with Crippen molar-refractivity contribution in [1.29, 1.82) is 0 Å². The average molecular weight is 315 g/mol. The molecule has 0 spiro atoms. The Kier molecular flexibility index (Phi) is 5.32. The minimum Gasteiger partial charge on any atom is -0.271 e. The van der Waals surface area contributed by atoms with E-state index < -0.39 is 10.0 Å². The Hall–Kier alpha value is -1.02. The van der Waals surface area contributed by atoms with Crippen molar-refractivity contribution in [2.75, 3.05) is 19.3 Å². The zero-order valence-electron chi connectivity index (χ0n) is 12.1. The molecule has 5 nitrogen and oxygen atoms in total. The number of nitrogens with one attached hydrogen (secondary N) is 1. The van der Waals surface area contributed by atoms with Gasteiger partial charge in [0.05, 0.1) is 6.26 Å². The van der Waals surface area contributed by atoms with Crippen molar-refractivity contribution in [3.05, 3.63) is 35.6 Å². The van der Waals surface area contributed by atoms with E-state index in [1.165, 1.54) is 22.7 Å². The molecule has 1 aliphatic heterocycles. The lowest BCUT2D eigenvalue weighted by Gasteiger charge is -2.33. The molecule has 1 fully saturated rings. The molecular weight excluding hydrogens is 293 g/mol. The van der Waals surface area contributed by atoms with E-state index in [4.69, 9.17) is 5.84 Å². The molecule has 1 saturated heterocycles. The highest BCUT2D eigenvalue weighted by Gasteiger charge is 2.27. The van der Waals surface area contributed by atoms with Crippen LogP contribution in [0.5, 0.6) is 0 Å². The van der Waals surface area contributed by atoms with Crippen molar-refractivity contribution in [2.45, 2.75) is 25.3 Å². The maximum Gasteiger partial charge on any atom is 0.211 e. The predicted octanol–water partition coefficient (Wildman–Crippen LogP) is 1.39. The van der Waals surface area contributed by atoms with E-state index in [-0.39, 0.29) is 17.8 Å². The van der Waals surface area contributed by atoms with Crippen molar-refractivity contribution < 1.29 is 12.8 Å². The number of hydrazine groups is 1. The SMILES string of the molecule is CS(=O)(=O)N1CCCC(CC(NN)c2cccc(F)c2)C1. The average Bonchev–Trinajstić information content (AvgIpc) is 2.44. The molecular formula is C14H22FN3O2S. The summed E-state index contributed by atoms with van der Waals surface area (Å²) in [6, 6.07) is 6.15. The van der Waals surface area contributed by atoms with Gasteiger partial charge in [-0.2, -0.15) is 0 Å². The summed E-state index contributed by atoms with van der Waals surface area (Å²) in [5.74, 6) is 5.51. The Morgan fingerprint density at radius 3 is 2.90 bits per heavy atom. The van der Waals surface area contributed by atoms with Crippen molar-refractivity contribution in [3.8, 4) is 0 Å². The van der Waals surface area contributed by atoms with Gasteiger partial charge in [0, 0.05) is 19.1 Å². The van der Waals surface area contributed by atoms with Gasteiger partial charge in [0.15, 0.2) is 0 Å². The van der Waals surface area contributed by atoms with E-state index in [2.05, 4.69) is 5.43 Å². The topological polar surface area (TPSA) is 75.4 Å². The van der Waals surface area contributed by atoms with Gasteiger partial charge in [-0.3, -0.25) is 11.3 Å². The van der Waals surface area contributed by atoms with Gasteiger partial charge < -0.3 is 0 Å². The summed E-state index contributed by atoms with van der Waals surface area (Å²) < 4.78 is 38.1. The molecule has 2 rings (SSSR count). The summed E-state index contributed by atoms with van der Waals surface area (Å²) in [6.07, 6.45) is 3.73. The fourth-order valence-corrected chi connectivity index (χ4v) is 3.82. The molecule has 1 heterocycles. The van der Waals surface area contributed by atoms with Crippen molar-refractivity contribution in [2.24, 2.45) is 11.8 Å². The number of nitrogens with two attached hydrogens (primary N) is 1. The zero-order chi connectivity index (χ0) is 15.5. The molecule has 2 atom stereocenters. The zero-order valence-corrected chi connectivity index (χ0v) is 12.9. The van der Waals surface area contributed by atoms with Crippen LogP contribution in [0.3, 0.4) is 0 Å². The number of hydrogen-bond donors (Lipinski definition) is 2. The first-order valence-corrected chi connectivity index (χ1v) is 8.91. The molecule has 21 heavy (non-hydrogen) atoms. The molecule has 0 aromatic heterocycles. The lowest BCUT2D eigenvalue weighted by atomic mass is 9.90. The van der Waals surface area contributed by atoms with Crippen LogP contribution in [0.1, 0.15) is 30.9 Å². The van der Waals surface area contributed by atoms with Crippen LogP contribution in [0.4, 0.5) is 4.39 Å². The lowest BCUT2D eigenvalue weighted by Crippen LogP contribution is -2.41. The number of nitrogens with zero attached hydrogens (tertiary/aromatic N) is 1. The van der Waals surface area contributed by atoms with Gasteiger partial charge in [0.2, 0.25) is 10.0 Å². The van der Waals surface area contributed by atoms with Crippen LogP contribution in [0.15, 0.2) is 24.3 Å². The first kappa shape index (κ1) is 16.4. The maximum atomic E-state index is 13.3. The van der Waals surface area contributed by atoms with Crippen LogP contribution in [-0.2, 0) is 10.0 Å². The molecule has 0 saturated carbocycles. The molecule has 118 valence electrons. The summed E-state index contributed by atoms with van der Waals surface area (Å²) in [5, 5.41) is 0. The second-order valence-corrected chi connectivity index (χ2v) is 7.62. The fraction of sp³-hybridized carbons (Fsp3) is 0.571. The molecule has 1 aliphatic rings. The Bertz CT molecular complexity index is 579. The highest BCUT2D eigenvalue weighted by Crippen LogP contribution is 2.28. The molecule has 2 unspecified atom stereocenters. The van der Waals surface area contributed by atoms with Crippen molar-refractivity contribution in [1.82, 2.24) is 9.73 Å². The van der Waals surface area contributed by atoms with Crippen LogP contribution in [0.2, 0.25) is 0 Å². The Balaban J connectivity index is 2.05. The maximum absolute atomic E-state index is 13.3. The van der Waals surface area contributed by atoms with Crippen LogP contribution in [-0.4, -0.2) is 32.1 Å². The molecule has 0 amide bonds. The van der Waals surface area contributed by atoms with Crippen molar-refractivity contribution in [3.63, 3.8) is 0 Å². The number of benzene rings is 1. The molecule has 3 N–H and O–H groups in total. The van der Waals surface area contributed by atoms with E-state index in [0.717, 1.165) is 18.4 Å². The fourth-order valence-electron chi connectivity index (χ4n) is 2.88. The van der Waals surface area contributed by atoms with Crippen LogP contribution < -0.4 is 11.3 Å². The van der Waals surface area contributed by atoms with Gasteiger partial charge in [-0.15, -0.1) is 0 Å². The summed E-state index contributed by atoms with van der Waals surface area (Å²) in [4.78, 5) is 0. The number of halogens is 1. The lowest BCUT2D eigenvalue weighted by molar-refractivity contribution is 0.238. The molecule has 0 bridgehead atoms. The summed E-state index contributed by atoms with van der Waals surface area (Å²) in [5.41, 5.74) is 3.50. The van der Waals surface area contributed by atoms with E-state index in [0.29, 0.717) is 19.5 Å². The Labute approximate surface area is 125 Å². The highest BCUT2D eigenvalue weighted by atomic mass is 32.2. The molecule has 1 aromatic rings. The van der Waals surface area contributed by atoms with Gasteiger partial charge in [-0.25, -0.2) is 17.1 Å².